The Labute approximate surface area is 109 Å². The number of nitrogens with one attached hydrogen (secondary N) is 1. The van der Waals surface area contributed by atoms with E-state index < -0.39 is 0 Å². The normalized spacial score (nSPS) is 17.9. The first-order chi connectivity index (χ1) is 8.76. The molecule has 1 fully saturated rings. The maximum absolute atomic E-state index is 13.5. The van der Waals surface area contributed by atoms with Crippen molar-refractivity contribution >= 4 is 0 Å². The summed E-state index contributed by atoms with van der Waals surface area (Å²) in [6.07, 6.45) is 5.14. The molecular formula is C15H22FNO. The molecule has 0 heterocycles. The van der Waals surface area contributed by atoms with E-state index in [1.54, 1.807) is 0 Å². The lowest BCUT2D eigenvalue weighted by Crippen LogP contribution is -2.27. The van der Waals surface area contributed by atoms with Gasteiger partial charge < -0.3 is 10.1 Å². The smallest absolute Gasteiger partial charge is 0.165 e. The van der Waals surface area contributed by atoms with Crippen LogP contribution in [0.3, 0.4) is 0 Å². The topological polar surface area (TPSA) is 21.3 Å². The second-order valence-corrected chi connectivity index (χ2v) is 4.97. The molecule has 1 aromatic rings. The van der Waals surface area contributed by atoms with Gasteiger partial charge in [-0.25, -0.2) is 4.39 Å². The summed E-state index contributed by atoms with van der Waals surface area (Å²) in [5, 5.41) is 3.53. The van der Waals surface area contributed by atoms with Gasteiger partial charge in [-0.3, -0.25) is 0 Å². The average molecular weight is 251 g/mol. The van der Waals surface area contributed by atoms with E-state index in [9.17, 15) is 4.39 Å². The van der Waals surface area contributed by atoms with Crippen LogP contribution in [0.1, 0.15) is 44.2 Å². The minimum absolute atomic E-state index is 0.289. The molecule has 0 radical (unpaired) electrons. The molecule has 3 heteroatoms. The number of hydrogen-bond acceptors (Lipinski definition) is 2. The van der Waals surface area contributed by atoms with E-state index in [0.29, 0.717) is 17.7 Å². The standard InChI is InChI=1S/C15H22FNO/c1-3-17-15(11-6-4-5-7-11)12-8-9-13(16)14(10-12)18-2/h8-11,15,17H,3-7H2,1-2H3. The third-order valence-electron chi connectivity index (χ3n) is 3.83. The zero-order valence-electron chi connectivity index (χ0n) is 11.2. The van der Waals surface area contributed by atoms with Crippen LogP contribution in [-0.4, -0.2) is 13.7 Å². The van der Waals surface area contributed by atoms with E-state index in [-0.39, 0.29) is 5.82 Å². The molecule has 0 aromatic heterocycles. The van der Waals surface area contributed by atoms with Crippen molar-refractivity contribution in [3.05, 3.63) is 29.6 Å². The maximum Gasteiger partial charge on any atom is 0.165 e. The molecule has 1 unspecified atom stereocenters. The van der Waals surface area contributed by atoms with Crippen molar-refractivity contribution in [2.75, 3.05) is 13.7 Å². The number of halogens is 1. The third-order valence-corrected chi connectivity index (χ3v) is 3.83. The molecule has 0 aliphatic heterocycles. The van der Waals surface area contributed by atoms with Gasteiger partial charge in [0.25, 0.3) is 0 Å². The molecule has 0 spiro atoms. The number of rotatable bonds is 5. The fourth-order valence-electron chi connectivity index (χ4n) is 2.94. The Morgan fingerprint density at radius 2 is 2.11 bits per heavy atom. The summed E-state index contributed by atoms with van der Waals surface area (Å²) in [6, 6.07) is 5.55. The molecule has 1 aromatic carbocycles. The van der Waals surface area contributed by atoms with Crippen molar-refractivity contribution in [2.45, 2.75) is 38.6 Å². The van der Waals surface area contributed by atoms with Gasteiger partial charge in [0.1, 0.15) is 0 Å². The molecule has 18 heavy (non-hydrogen) atoms. The van der Waals surface area contributed by atoms with Gasteiger partial charge in [-0.15, -0.1) is 0 Å². The van der Waals surface area contributed by atoms with Crippen molar-refractivity contribution in [2.24, 2.45) is 5.92 Å². The van der Waals surface area contributed by atoms with Gasteiger partial charge >= 0.3 is 0 Å². The zero-order valence-corrected chi connectivity index (χ0v) is 11.2. The molecular weight excluding hydrogens is 229 g/mol. The first kappa shape index (κ1) is 13.3. The van der Waals surface area contributed by atoms with Crippen LogP contribution in [0.2, 0.25) is 0 Å². The quantitative estimate of drug-likeness (QED) is 0.862. The second kappa shape index (κ2) is 6.19. The van der Waals surface area contributed by atoms with E-state index >= 15 is 0 Å². The fraction of sp³-hybridized carbons (Fsp3) is 0.600. The molecule has 1 N–H and O–H groups in total. The minimum atomic E-state index is -0.289. The monoisotopic (exact) mass is 251 g/mol. The lowest BCUT2D eigenvalue weighted by atomic mass is 9.91. The van der Waals surface area contributed by atoms with Crippen molar-refractivity contribution in [3.63, 3.8) is 0 Å². The lowest BCUT2D eigenvalue weighted by Gasteiger charge is -2.25. The Balaban J connectivity index is 2.23. The van der Waals surface area contributed by atoms with Crippen LogP contribution >= 0.6 is 0 Å². The van der Waals surface area contributed by atoms with E-state index in [1.165, 1.54) is 38.9 Å². The van der Waals surface area contributed by atoms with Gasteiger partial charge in [0.15, 0.2) is 11.6 Å². The summed E-state index contributed by atoms with van der Waals surface area (Å²) in [5.41, 5.74) is 1.14. The van der Waals surface area contributed by atoms with Crippen LogP contribution in [0.4, 0.5) is 4.39 Å². The Morgan fingerprint density at radius 3 is 2.72 bits per heavy atom. The van der Waals surface area contributed by atoms with Crippen LogP contribution < -0.4 is 10.1 Å². The highest BCUT2D eigenvalue weighted by Gasteiger charge is 2.26. The van der Waals surface area contributed by atoms with Gasteiger partial charge in [-0.2, -0.15) is 0 Å². The van der Waals surface area contributed by atoms with Gasteiger partial charge in [0, 0.05) is 6.04 Å². The van der Waals surface area contributed by atoms with Crippen LogP contribution in [-0.2, 0) is 0 Å². The molecule has 100 valence electrons. The Morgan fingerprint density at radius 1 is 1.39 bits per heavy atom. The molecule has 1 aliphatic rings. The van der Waals surface area contributed by atoms with Crippen LogP contribution in [0, 0.1) is 11.7 Å². The van der Waals surface area contributed by atoms with Crippen molar-refractivity contribution in [3.8, 4) is 5.75 Å². The number of hydrogen-bond donors (Lipinski definition) is 1. The summed E-state index contributed by atoms with van der Waals surface area (Å²) >= 11 is 0. The number of ether oxygens (including phenoxy) is 1. The zero-order chi connectivity index (χ0) is 13.0. The fourth-order valence-corrected chi connectivity index (χ4v) is 2.94. The average Bonchev–Trinajstić information content (AvgIpc) is 2.90. The van der Waals surface area contributed by atoms with Crippen LogP contribution in [0.5, 0.6) is 5.75 Å². The SMILES string of the molecule is CCNC(c1ccc(F)c(OC)c1)C1CCCC1. The molecule has 0 saturated heterocycles. The number of benzene rings is 1. The van der Waals surface area contributed by atoms with Gasteiger partial charge in [-0.1, -0.05) is 25.8 Å². The molecule has 2 rings (SSSR count). The Bertz CT molecular complexity index is 388. The predicted molar refractivity (Wildman–Crippen MR) is 71.3 cm³/mol. The summed E-state index contributed by atoms with van der Waals surface area (Å²) in [7, 11) is 1.51. The summed E-state index contributed by atoms with van der Waals surface area (Å²) in [4.78, 5) is 0. The van der Waals surface area contributed by atoms with Crippen molar-refractivity contribution < 1.29 is 9.13 Å². The largest absolute Gasteiger partial charge is 0.494 e. The highest BCUT2D eigenvalue weighted by atomic mass is 19.1. The second-order valence-electron chi connectivity index (χ2n) is 4.97. The van der Waals surface area contributed by atoms with Gasteiger partial charge in [-0.05, 0) is 43.0 Å². The summed E-state index contributed by atoms with van der Waals surface area (Å²) in [6.45, 7) is 3.05. The van der Waals surface area contributed by atoms with E-state index in [1.807, 2.05) is 12.1 Å². The molecule has 1 aliphatic carbocycles. The molecule has 0 amide bonds. The highest BCUT2D eigenvalue weighted by molar-refractivity contribution is 5.32. The van der Waals surface area contributed by atoms with Crippen LogP contribution in [0.15, 0.2) is 18.2 Å². The van der Waals surface area contributed by atoms with E-state index in [2.05, 4.69) is 12.2 Å². The van der Waals surface area contributed by atoms with Gasteiger partial charge in [0.05, 0.1) is 7.11 Å². The lowest BCUT2D eigenvalue weighted by molar-refractivity contribution is 0.364. The molecule has 1 saturated carbocycles. The van der Waals surface area contributed by atoms with E-state index in [4.69, 9.17) is 4.74 Å². The first-order valence-corrected chi connectivity index (χ1v) is 6.83. The van der Waals surface area contributed by atoms with Crippen LogP contribution in [0.25, 0.3) is 0 Å². The van der Waals surface area contributed by atoms with Crippen molar-refractivity contribution in [1.82, 2.24) is 5.32 Å². The predicted octanol–water partition coefficient (Wildman–Crippen LogP) is 3.68. The molecule has 0 bridgehead atoms. The number of methoxy groups -OCH3 is 1. The highest BCUT2D eigenvalue weighted by Crippen LogP contribution is 2.36. The third kappa shape index (κ3) is 2.83. The summed E-state index contributed by atoms with van der Waals surface area (Å²) < 4.78 is 18.5. The molecule has 1 atom stereocenters. The van der Waals surface area contributed by atoms with Gasteiger partial charge in [0.2, 0.25) is 0 Å². The van der Waals surface area contributed by atoms with Crippen molar-refractivity contribution in [1.29, 1.82) is 0 Å². The summed E-state index contributed by atoms with van der Waals surface area (Å²) in [5.74, 6) is 0.719. The molecule has 2 nitrogen and oxygen atoms in total. The maximum atomic E-state index is 13.5. The Hall–Kier alpha value is -1.09. The first-order valence-electron chi connectivity index (χ1n) is 6.83. The Kier molecular flexibility index (Phi) is 4.59. The van der Waals surface area contributed by atoms with E-state index in [0.717, 1.165) is 12.1 Å². The minimum Gasteiger partial charge on any atom is -0.494 e.